The van der Waals surface area contributed by atoms with Gasteiger partial charge in [-0.05, 0) is 30.2 Å². The van der Waals surface area contributed by atoms with E-state index in [9.17, 15) is 14.4 Å². The van der Waals surface area contributed by atoms with Gasteiger partial charge in [-0.2, -0.15) is 0 Å². The molecule has 4 rings (SSSR count). The number of cyclic esters (lactones) is 1. The fraction of sp³-hybridized carbons (Fsp3) is 0.438. The maximum Gasteiger partial charge on any atom is 0.314 e. The summed E-state index contributed by atoms with van der Waals surface area (Å²) in [6, 6.07) is 5.10. The molecule has 2 atom stereocenters. The summed E-state index contributed by atoms with van der Waals surface area (Å²) in [5.74, 6) is 0.0631. The molecule has 21 heavy (non-hydrogen) atoms. The molecule has 1 aliphatic heterocycles. The molecule has 1 aromatic rings. The first-order chi connectivity index (χ1) is 10.0. The van der Waals surface area contributed by atoms with Crippen molar-refractivity contribution < 1.29 is 23.9 Å². The van der Waals surface area contributed by atoms with Gasteiger partial charge in [-0.1, -0.05) is 0 Å². The van der Waals surface area contributed by atoms with E-state index in [1.54, 1.807) is 18.2 Å². The number of fused-ring (bicyclic) bond motifs is 1. The Morgan fingerprint density at radius 2 is 2.05 bits per heavy atom. The highest BCUT2D eigenvalue weighted by molar-refractivity contribution is 6.12. The quantitative estimate of drug-likeness (QED) is 0.730. The SMILES string of the molecule is COc1ccc2c(c1)[C@@]13COC(=O)[C@@]1(CCC3=O)CC2=O. The molecule has 2 fully saturated rings. The van der Waals surface area contributed by atoms with E-state index < -0.39 is 16.8 Å². The lowest BCUT2D eigenvalue weighted by Crippen LogP contribution is -2.51. The lowest BCUT2D eigenvalue weighted by molar-refractivity contribution is -0.146. The average Bonchev–Trinajstić information content (AvgIpc) is 2.95. The summed E-state index contributed by atoms with van der Waals surface area (Å²) in [7, 11) is 1.53. The Bertz CT molecular complexity index is 707. The van der Waals surface area contributed by atoms with Crippen molar-refractivity contribution in [3.8, 4) is 5.75 Å². The number of hydrogen-bond acceptors (Lipinski definition) is 5. The molecule has 108 valence electrons. The lowest BCUT2D eigenvalue weighted by Gasteiger charge is -2.39. The van der Waals surface area contributed by atoms with Gasteiger partial charge in [-0.15, -0.1) is 0 Å². The number of ketones is 2. The molecular weight excluding hydrogens is 272 g/mol. The highest BCUT2D eigenvalue weighted by Gasteiger charge is 2.73. The van der Waals surface area contributed by atoms with Gasteiger partial charge in [0.15, 0.2) is 5.78 Å². The van der Waals surface area contributed by atoms with Crippen LogP contribution >= 0.6 is 0 Å². The first kappa shape index (κ1) is 12.6. The Hall–Kier alpha value is -2.17. The minimum atomic E-state index is -0.999. The molecule has 1 aromatic carbocycles. The van der Waals surface area contributed by atoms with Crippen LogP contribution in [0.4, 0.5) is 0 Å². The number of esters is 1. The van der Waals surface area contributed by atoms with Crippen LogP contribution in [0.3, 0.4) is 0 Å². The third-order valence-electron chi connectivity index (χ3n) is 5.33. The van der Waals surface area contributed by atoms with Gasteiger partial charge < -0.3 is 9.47 Å². The molecule has 0 N–H and O–H groups in total. The van der Waals surface area contributed by atoms with Crippen molar-refractivity contribution >= 4 is 17.5 Å². The zero-order chi connectivity index (χ0) is 14.8. The summed E-state index contributed by atoms with van der Waals surface area (Å²) in [6.45, 7) is 0.0398. The van der Waals surface area contributed by atoms with E-state index in [-0.39, 0.29) is 24.6 Å². The molecule has 0 bridgehead atoms. The van der Waals surface area contributed by atoms with Crippen LogP contribution < -0.4 is 4.74 Å². The fourth-order valence-electron chi connectivity index (χ4n) is 4.24. The first-order valence-electron chi connectivity index (χ1n) is 6.97. The Labute approximate surface area is 121 Å². The molecule has 5 nitrogen and oxygen atoms in total. The number of benzene rings is 1. The standard InChI is InChI=1S/C16H14O5/c1-20-9-2-3-10-11(6-9)16-8-21-14(19)15(16,7-12(10)17)5-4-13(16)18/h2-3,6H,4-5,7-8H2,1H3/t15-,16-/m1/s1. The zero-order valence-electron chi connectivity index (χ0n) is 11.6. The van der Waals surface area contributed by atoms with Crippen LogP contribution in [-0.2, 0) is 19.7 Å². The highest BCUT2D eigenvalue weighted by atomic mass is 16.5. The van der Waals surface area contributed by atoms with Crippen LogP contribution in [0.1, 0.15) is 35.2 Å². The summed E-state index contributed by atoms with van der Waals surface area (Å²) in [6.07, 6.45) is 0.781. The average molecular weight is 286 g/mol. The Kier molecular flexibility index (Phi) is 2.23. The van der Waals surface area contributed by atoms with Crippen molar-refractivity contribution in [3.05, 3.63) is 29.3 Å². The van der Waals surface area contributed by atoms with E-state index in [4.69, 9.17) is 9.47 Å². The maximum atomic E-state index is 12.6. The lowest BCUT2D eigenvalue weighted by atomic mass is 9.56. The molecular formula is C16H14O5. The largest absolute Gasteiger partial charge is 0.497 e. The second-order valence-electron chi connectivity index (χ2n) is 6.00. The number of Topliss-reactive ketones (excluding diaryl/α,β-unsaturated/α-hetero) is 2. The maximum absolute atomic E-state index is 12.6. The molecule has 0 unspecified atom stereocenters. The second kappa shape index (κ2) is 3.72. The van der Waals surface area contributed by atoms with Crippen LogP contribution in [-0.4, -0.2) is 31.3 Å². The normalized spacial score (nSPS) is 33.3. The third kappa shape index (κ3) is 1.21. The highest BCUT2D eigenvalue weighted by Crippen LogP contribution is 2.62. The third-order valence-corrected chi connectivity index (χ3v) is 5.33. The van der Waals surface area contributed by atoms with Gasteiger partial charge >= 0.3 is 5.97 Å². The molecule has 1 heterocycles. The molecule has 5 heteroatoms. The number of ether oxygens (including phenoxy) is 2. The second-order valence-corrected chi connectivity index (χ2v) is 6.00. The Morgan fingerprint density at radius 3 is 2.81 bits per heavy atom. The predicted molar refractivity (Wildman–Crippen MR) is 71.3 cm³/mol. The Balaban J connectivity index is 2.06. The van der Waals surface area contributed by atoms with Gasteiger partial charge in [0.2, 0.25) is 0 Å². The number of carbonyl (C=O) groups excluding carboxylic acids is 3. The molecule has 0 amide bonds. The van der Waals surface area contributed by atoms with Crippen molar-refractivity contribution in [1.29, 1.82) is 0 Å². The summed E-state index contributed by atoms with van der Waals surface area (Å²) < 4.78 is 10.5. The van der Waals surface area contributed by atoms with Crippen LogP contribution in [0.25, 0.3) is 0 Å². The van der Waals surface area contributed by atoms with Crippen LogP contribution in [0, 0.1) is 5.41 Å². The van der Waals surface area contributed by atoms with E-state index >= 15 is 0 Å². The number of methoxy groups -OCH3 is 1. The molecule has 0 aromatic heterocycles. The van der Waals surface area contributed by atoms with Crippen molar-refractivity contribution in [2.24, 2.45) is 5.41 Å². The molecule has 3 aliphatic rings. The number of rotatable bonds is 1. The minimum absolute atomic E-state index is 0.00430. The first-order valence-corrected chi connectivity index (χ1v) is 6.97. The summed E-state index contributed by atoms with van der Waals surface area (Å²) >= 11 is 0. The van der Waals surface area contributed by atoms with Crippen LogP contribution in [0.15, 0.2) is 18.2 Å². The van der Waals surface area contributed by atoms with Gasteiger partial charge in [0.25, 0.3) is 0 Å². The van der Waals surface area contributed by atoms with Crippen molar-refractivity contribution in [2.45, 2.75) is 24.7 Å². The van der Waals surface area contributed by atoms with E-state index in [2.05, 4.69) is 0 Å². The van der Waals surface area contributed by atoms with E-state index in [0.29, 0.717) is 29.7 Å². The van der Waals surface area contributed by atoms with Gasteiger partial charge in [-0.25, -0.2) is 0 Å². The van der Waals surface area contributed by atoms with Crippen molar-refractivity contribution in [3.63, 3.8) is 0 Å². The van der Waals surface area contributed by atoms with E-state index in [1.807, 2.05) is 0 Å². The summed E-state index contributed by atoms with van der Waals surface area (Å²) in [4.78, 5) is 37.4. The van der Waals surface area contributed by atoms with Crippen LogP contribution in [0.2, 0.25) is 0 Å². The van der Waals surface area contributed by atoms with Crippen molar-refractivity contribution in [2.75, 3.05) is 13.7 Å². The summed E-state index contributed by atoms with van der Waals surface area (Å²) in [5, 5.41) is 0. The summed E-state index contributed by atoms with van der Waals surface area (Å²) in [5.41, 5.74) is -0.881. The number of carbonyl (C=O) groups is 3. The minimum Gasteiger partial charge on any atom is -0.497 e. The topological polar surface area (TPSA) is 69.7 Å². The fourth-order valence-corrected chi connectivity index (χ4v) is 4.24. The number of hydrogen-bond donors (Lipinski definition) is 0. The predicted octanol–water partition coefficient (Wildman–Crippen LogP) is 1.43. The molecule has 0 radical (unpaired) electrons. The van der Waals surface area contributed by atoms with E-state index in [1.165, 1.54) is 7.11 Å². The molecule has 1 saturated carbocycles. The molecule has 1 saturated heterocycles. The van der Waals surface area contributed by atoms with Crippen LogP contribution in [0.5, 0.6) is 5.75 Å². The van der Waals surface area contributed by atoms with Gasteiger partial charge in [0, 0.05) is 18.4 Å². The zero-order valence-corrected chi connectivity index (χ0v) is 11.6. The van der Waals surface area contributed by atoms with Gasteiger partial charge in [0.1, 0.15) is 23.6 Å². The molecule has 2 aliphatic carbocycles. The van der Waals surface area contributed by atoms with Gasteiger partial charge in [-0.3, -0.25) is 14.4 Å². The molecule has 0 spiro atoms. The Morgan fingerprint density at radius 1 is 1.24 bits per heavy atom. The monoisotopic (exact) mass is 286 g/mol. The smallest absolute Gasteiger partial charge is 0.314 e. The van der Waals surface area contributed by atoms with E-state index in [0.717, 1.165) is 0 Å². The van der Waals surface area contributed by atoms with Crippen molar-refractivity contribution in [1.82, 2.24) is 0 Å². The van der Waals surface area contributed by atoms with Gasteiger partial charge in [0.05, 0.1) is 12.5 Å².